The third-order valence-corrected chi connectivity index (χ3v) is 6.94. The summed E-state index contributed by atoms with van der Waals surface area (Å²) in [5.41, 5.74) is 9.60. The van der Waals surface area contributed by atoms with Crippen LogP contribution in [0.15, 0.2) is 65.4 Å². The Hall–Kier alpha value is -3.49. The minimum atomic E-state index is -0.257. The molecule has 4 aromatic rings. The Morgan fingerprint density at radius 3 is 2.69 bits per heavy atom. The van der Waals surface area contributed by atoms with Crippen LogP contribution in [0.1, 0.15) is 53.2 Å². The average Bonchev–Trinajstić information content (AvgIpc) is 3.52. The zero-order chi connectivity index (χ0) is 24.9. The molecule has 36 heavy (non-hydrogen) atoms. The number of benzene rings is 2. The fourth-order valence-corrected chi connectivity index (χ4v) is 4.88. The second-order valence-electron chi connectivity index (χ2n) is 9.66. The van der Waals surface area contributed by atoms with Crippen molar-refractivity contribution < 1.29 is 13.6 Å². The van der Waals surface area contributed by atoms with Gasteiger partial charge in [-0.15, -0.1) is 0 Å². The lowest BCUT2D eigenvalue weighted by molar-refractivity contribution is 0.0920. The van der Waals surface area contributed by atoms with E-state index in [2.05, 4.69) is 32.3 Å². The summed E-state index contributed by atoms with van der Waals surface area (Å²) in [7, 11) is 0. The zero-order valence-electron chi connectivity index (χ0n) is 20.3. The molecule has 0 spiro atoms. The fraction of sp³-hybridized carbons (Fsp3) is 0.357. The van der Waals surface area contributed by atoms with Crippen LogP contribution in [-0.4, -0.2) is 39.4 Å². The molecular weight excluding hydrogens is 457 g/mol. The molecule has 188 valence electrons. The Morgan fingerprint density at radius 2 is 1.89 bits per heavy atom. The van der Waals surface area contributed by atoms with Crippen molar-refractivity contribution in [1.29, 1.82) is 0 Å². The highest BCUT2D eigenvalue weighted by atomic mass is 19.1. The molecule has 2 heterocycles. The van der Waals surface area contributed by atoms with E-state index in [-0.39, 0.29) is 23.8 Å². The van der Waals surface area contributed by atoms with Crippen LogP contribution in [0.25, 0.3) is 10.9 Å². The largest absolute Gasteiger partial charge is 0.447 e. The second-order valence-corrected chi connectivity index (χ2v) is 9.66. The Kier molecular flexibility index (Phi) is 7.44. The maximum Gasteiger partial charge on any atom is 0.273 e. The predicted octanol–water partition coefficient (Wildman–Crippen LogP) is 4.54. The topological polar surface area (TPSA) is 100 Å². The van der Waals surface area contributed by atoms with Gasteiger partial charge >= 0.3 is 0 Å². The van der Waals surface area contributed by atoms with E-state index in [0.29, 0.717) is 24.7 Å². The molecule has 0 atom stereocenters. The van der Waals surface area contributed by atoms with E-state index in [0.717, 1.165) is 49.7 Å². The number of amides is 1. The summed E-state index contributed by atoms with van der Waals surface area (Å²) in [4.78, 5) is 22.7. The zero-order valence-corrected chi connectivity index (χ0v) is 20.3. The van der Waals surface area contributed by atoms with E-state index in [1.165, 1.54) is 29.3 Å². The SMILES string of the molecule is N[C@H]1CC[C@@H](NC(=O)c2coc(CN(CCc3c[nH]c4ccccc34)Cc3ccc(F)cc3)n2)CC1. The monoisotopic (exact) mass is 489 g/mol. The van der Waals surface area contributed by atoms with Crippen LogP contribution >= 0.6 is 0 Å². The Labute approximate surface area is 209 Å². The first-order chi connectivity index (χ1) is 17.5. The molecule has 8 heteroatoms. The van der Waals surface area contributed by atoms with Crippen LogP contribution in [0.2, 0.25) is 0 Å². The highest BCUT2D eigenvalue weighted by Crippen LogP contribution is 2.20. The average molecular weight is 490 g/mol. The van der Waals surface area contributed by atoms with Gasteiger partial charge in [0.1, 0.15) is 12.1 Å². The van der Waals surface area contributed by atoms with Crippen LogP contribution in [0.4, 0.5) is 4.39 Å². The van der Waals surface area contributed by atoms with Gasteiger partial charge in [-0.05, 0) is 61.4 Å². The Morgan fingerprint density at radius 1 is 1.11 bits per heavy atom. The summed E-state index contributed by atoms with van der Waals surface area (Å²) < 4.78 is 19.1. The van der Waals surface area contributed by atoms with Crippen molar-refractivity contribution >= 4 is 16.8 Å². The molecule has 0 aliphatic heterocycles. The molecule has 2 aromatic heterocycles. The number of rotatable bonds is 9. The van der Waals surface area contributed by atoms with E-state index >= 15 is 0 Å². The van der Waals surface area contributed by atoms with Gasteiger partial charge in [-0.25, -0.2) is 9.37 Å². The van der Waals surface area contributed by atoms with E-state index in [1.54, 1.807) is 12.1 Å². The third kappa shape index (κ3) is 6.01. The Bertz CT molecular complexity index is 1290. The molecule has 0 unspecified atom stereocenters. The van der Waals surface area contributed by atoms with E-state index < -0.39 is 0 Å². The molecule has 7 nitrogen and oxygen atoms in total. The van der Waals surface area contributed by atoms with E-state index in [4.69, 9.17) is 10.2 Å². The standard InChI is InChI=1S/C28H32FN5O2/c29-21-7-5-19(6-8-21)16-34(14-13-20-15-31-25-4-2-1-3-24(20)25)17-27-33-26(18-36-27)28(35)32-23-11-9-22(30)10-12-23/h1-8,15,18,22-23,31H,9-14,16-17,30H2,(H,32,35)/t22-,23+. The number of aromatic nitrogens is 2. The number of halogens is 1. The first kappa shape index (κ1) is 24.2. The van der Waals surface area contributed by atoms with Crippen molar-refractivity contribution in [3.05, 3.63) is 89.5 Å². The van der Waals surface area contributed by atoms with Crippen molar-refractivity contribution in [2.75, 3.05) is 6.54 Å². The number of hydrogen-bond acceptors (Lipinski definition) is 5. The molecule has 0 saturated heterocycles. The molecular formula is C28H32FN5O2. The minimum Gasteiger partial charge on any atom is -0.447 e. The highest BCUT2D eigenvalue weighted by molar-refractivity contribution is 5.92. The number of nitrogens with zero attached hydrogens (tertiary/aromatic N) is 2. The first-order valence-corrected chi connectivity index (χ1v) is 12.6. The van der Waals surface area contributed by atoms with Gasteiger partial charge in [0.15, 0.2) is 5.69 Å². The van der Waals surface area contributed by atoms with Crippen LogP contribution in [-0.2, 0) is 19.5 Å². The van der Waals surface area contributed by atoms with Crippen LogP contribution < -0.4 is 11.1 Å². The molecule has 1 saturated carbocycles. The summed E-state index contributed by atoms with van der Waals surface area (Å²) in [5.74, 6) is 0.00796. The number of oxazole rings is 1. The number of carbonyl (C=O) groups excluding carboxylic acids is 1. The molecule has 1 aliphatic rings. The number of nitrogens with one attached hydrogen (secondary N) is 2. The second kappa shape index (κ2) is 11.1. The Balaban J connectivity index is 1.26. The molecule has 1 amide bonds. The smallest absolute Gasteiger partial charge is 0.273 e. The van der Waals surface area contributed by atoms with Gasteiger partial charge in [-0.2, -0.15) is 0 Å². The number of para-hydroxylation sites is 1. The van der Waals surface area contributed by atoms with Crippen molar-refractivity contribution in [2.45, 2.75) is 57.3 Å². The van der Waals surface area contributed by atoms with Crippen LogP contribution in [0, 0.1) is 5.82 Å². The highest BCUT2D eigenvalue weighted by Gasteiger charge is 2.22. The summed E-state index contributed by atoms with van der Waals surface area (Å²) >= 11 is 0. The quantitative estimate of drug-likeness (QED) is 0.321. The van der Waals surface area contributed by atoms with Gasteiger partial charge in [0.05, 0.1) is 6.54 Å². The van der Waals surface area contributed by atoms with E-state index in [9.17, 15) is 9.18 Å². The number of aromatic amines is 1. The molecule has 5 rings (SSSR count). The van der Waals surface area contributed by atoms with Crippen molar-refractivity contribution in [2.24, 2.45) is 5.73 Å². The van der Waals surface area contributed by atoms with Gasteiger partial charge in [0.25, 0.3) is 5.91 Å². The summed E-state index contributed by atoms with van der Waals surface area (Å²) in [6.45, 7) is 1.78. The van der Waals surface area contributed by atoms with Gasteiger partial charge in [-0.1, -0.05) is 30.3 Å². The summed E-state index contributed by atoms with van der Waals surface area (Å²) in [6.07, 6.45) is 7.91. The number of carbonyl (C=O) groups is 1. The molecule has 4 N–H and O–H groups in total. The number of fused-ring (bicyclic) bond motifs is 1. The number of nitrogens with two attached hydrogens (primary N) is 1. The van der Waals surface area contributed by atoms with Crippen molar-refractivity contribution in [1.82, 2.24) is 20.2 Å². The van der Waals surface area contributed by atoms with Gasteiger partial charge in [0, 0.05) is 42.3 Å². The van der Waals surface area contributed by atoms with Crippen molar-refractivity contribution in [3.8, 4) is 0 Å². The maximum absolute atomic E-state index is 13.4. The van der Waals surface area contributed by atoms with Gasteiger partial charge < -0.3 is 20.5 Å². The predicted molar refractivity (Wildman–Crippen MR) is 137 cm³/mol. The minimum absolute atomic E-state index is 0.128. The lowest BCUT2D eigenvalue weighted by atomic mass is 9.92. The fourth-order valence-electron chi connectivity index (χ4n) is 4.88. The lowest BCUT2D eigenvalue weighted by Crippen LogP contribution is -2.40. The lowest BCUT2D eigenvalue weighted by Gasteiger charge is -2.26. The normalized spacial score (nSPS) is 18.1. The molecule has 0 bridgehead atoms. The molecule has 1 fully saturated rings. The van der Waals surface area contributed by atoms with Crippen LogP contribution in [0.3, 0.4) is 0 Å². The van der Waals surface area contributed by atoms with Gasteiger partial charge in [-0.3, -0.25) is 9.69 Å². The summed E-state index contributed by atoms with van der Waals surface area (Å²) in [5, 5.41) is 4.27. The maximum atomic E-state index is 13.4. The number of H-pyrrole nitrogens is 1. The van der Waals surface area contributed by atoms with Gasteiger partial charge in [0.2, 0.25) is 5.89 Å². The number of hydrogen-bond donors (Lipinski definition) is 3. The van der Waals surface area contributed by atoms with Crippen LogP contribution in [0.5, 0.6) is 0 Å². The molecule has 0 radical (unpaired) electrons. The molecule has 1 aliphatic carbocycles. The third-order valence-electron chi connectivity index (χ3n) is 6.94. The summed E-state index contributed by atoms with van der Waals surface area (Å²) in [6, 6.07) is 15.1. The first-order valence-electron chi connectivity index (χ1n) is 12.6. The van der Waals surface area contributed by atoms with Crippen molar-refractivity contribution in [3.63, 3.8) is 0 Å². The molecule has 2 aromatic carbocycles. The van der Waals surface area contributed by atoms with E-state index in [1.807, 2.05) is 18.3 Å².